The minimum Gasteiger partial charge on any atom is -0.480 e. The highest BCUT2D eigenvalue weighted by Gasteiger charge is 2.44. The Morgan fingerprint density at radius 2 is 2.10 bits per heavy atom. The average Bonchev–Trinajstić information content (AvgIpc) is 2.41. The SMILES string of the molecule is CC1CCCC(NC(=O)N2CCN(C)C(=O)C2)(C(=O)O)C1. The molecule has 0 aromatic carbocycles. The van der Waals surface area contributed by atoms with Crippen LogP contribution in [0, 0.1) is 5.92 Å². The number of aliphatic carboxylic acids is 1. The summed E-state index contributed by atoms with van der Waals surface area (Å²) in [6.07, 6.45) is 2.66. The second kappa shape index (κ2) is 5.91. The van der Waals surface area contributed by atoms with Gasteiger partial charge in [0, 0.05) is 20.1 Å². The maximum absolute atomic E-state index is 12.3. The second-order valence-electron chi connectivity index (χ2n) is 6.26. The summed E-state index contributed by atoms with van der Waals surface area (Å²) in [6, 6.07) is -0.451. The van der Waals surface area contributed by atoms with Crippen molar-refractivity contribution in [1.82, 2.24) is 15.1 Å². The van der Waals surface area contributed by atoms with E-state index in [0.717, 1.165) is 12.8 Å². The number of nitrogens with zero attached hydrogens (tertiary/aromatic N) is 2. The average molecular weight is 297 g/mol. The van der Waals surface area contributed by atoms with Crippen molar-refractivity contribution in [2.75, 3.05) is 26.7 Å². The zero-order valence-corrected chi connectivity index (χ0v) is 12.6. The number of hydrogen-bond acceptors (Lipinski definition) is 3. The van der Waals surface area contributed by atoms with Crippen molar-refractivity contribution in [2.24, 2.45) is 5.92 Å². The fraction of sp³-hybridized carbons (Fsp3) is 0.786. The molecule has 0 aromatic rings. The van der Waals surface area contributed by atoms with E-state index in [1.807, 2.05) is 6.92 Å². The van der Waals surface area contributed by atoms with E-state index in [1.54, 1.807) is 11.9 Å². The summed E-state index contributed by atoms with van der Waals surface area (Å²) >= 11 is 0. The summed E-state index contributed by atoms with van der Waals surface area (Å²) in [4.78, 5) is 38.6. The first kappa shape index (κ1) is 15.6. The number of carbonyl (C=O) groups is 3. The van der Waals surface area contributed by atoms with Gasteiger partial charge in [-0.3, -0.25) is 4.79 Å². The van der Waals surface area contributed by atoms with Crippen LogP contribution in [-0.2, 0) is 9.59 Å². The molecular formula is C14H23N3O4. The third-order valence-corrected chi connectivity index (χ3v) is 4.50. The smallest absolute Gasteiger partial charge is 0.329 e. The predicted molar refractivity (Wildman–Crippen MR) is 75.7 cm³/mol. The molecule has 21 heavy (non-hydrogen) atoms. The van der Waals surface area contributed by atoms with Crippen LogP contribution in [0.4, 0.5) is 4.79 Å². The summed E-state index contributed by atoms with van der Waals surface area (Å²) in [5, 5.41) is 12.2. The predicted octanol–water partition coefficient (Wildman–Crippen LogP) is 0.504. The Morgan fingerprint density at radius 1 is 1.38 bits per heavy atom. The summed E-state index contributed by atoms with van der Waals surface area (Å²) in [5.74, 6) is -0.843. The first-order valence-electron chi connectivity index (χ1n) is 7.38. The Hall–Kier alpha value is -1.79. The van der Waals surface area contributed by atoms with Crippen molar-refractivity contribution in [3.8, 4) is 0 Å². The molecule has 2 atom stereocenters. The number of amides is 3. The van der Waals surface area contributed by atoms with Gasteiger partial charge < -0.3 is 20.2 Å². The first-order valence-corrected chi connectivity index (χ1v) is 7.38. The van der Waals surface area contributed by atoms with Gasteiger partial charge in [0.1, 0.15) is 12.1 Å². The molecule has 0 bridgehead atoms. The quantitative estimate of drug-likeness (QED) is 0.777. The van der Waals surface area contributed by atoms with Crippen LogP contribution >= 0.6 is 0 Å². The monoisotopic (exact) mass is 297 g/mol. The molecule has 0 spiro atoms. The Kier molecular flexibility index (Phi) is 4.39. The maximum atomic E-state index is 12.3. The molecular weight excluding hydrogens is 274 g/mol. The summed E-state index contributed by atoms with van der Waals surface area (Å²) < 4.78 is 0. The molecule has 0 radical (unpaired) electrons. The van der Waals surface area contributed by atoms with Crippen molar-refractivity contribution < 1.29 is 19.5 Å². The van der Waals surface area contributed by atoms with Gasteiger partial charge in [0.25, 0.3) is 0 Å². The van der Waals surface area contributed by atoms with Gasteiger partial charge in [-0.05, 0) is 18.8 Å². The van der Waals surface area contributed by atoms with Crippen molar-refractivity contribution in [2.45, 2.75) is 38.1 Å². The van der Waals surface area contributed by atoms with E-state index in [4.69, 9.17) is 0 Å². The van der Waals surface area contributed by atoms with Gasteiger partial charge in [-0.15, -0.1) is 0 Å². The molecule has 2 N–H and O–H groups in total. The molecule has 1 saturated heterocycles. The van der Waals surface area contributed by atoms with Crippen molar-refractivity contribution >= 4 is 17.9 Å². The van der Waals surface area contributed by atoms with Crippen LogP contribution in [0.3, 0.4) is 0 Å². The van der Waals surface area contributed by atoms with E-state index in [-0.39, 0.29) is 18.4 Å². The van der Waals surface area contributed by atoms with Crippen LogP contribution < -0.4 is 5.32 Å². The molecule has 7 heteroatoms. The Morgan fingerprint density at radius 3 is 2.67 bits per heavy atom. The number of hydrogen-bond donors (Lipinski definition) is 2. The third-order valence-electron chi connectivity index (χ3n) is 4.50. The van der Waals surface area contributed by atoms with Crippen LogP contribution in [0.1, 0.15) is 32.6 Å². The lowest BCUT2D eigenvalue weighted by Crippen LogP contribution is -2.62. The molecule has 7 nitrogen and oxygen atoms in total. The molecule has 3 amide bonds. The number of nitrogens with one attached hydrogen (secondary N) is 1. The Balaban J connectivity index is 2.05. The molecule has 2 rings (SSSR count). The second-order valence-corrected chi connectivity index (χ2v) is 6.26. The minimum absolute atomic E-state index is 0.00753. The van der Waals surface area contributed by atoms with Gasteiger partial charge in [0.05, 0.1) is 0 Å². The minimum atomic E-state index is -1.19. The van der Waals surface area contributed by atoms with Crippen LogP contribution in [-0.4, -0.2) is 65.0 Å². The summed E-state index contributed by atoms with van der Waals surface area (Å²) in [7, 11) is 1.69. The van der Waals surface area contributed by atoms with Crippen molar-refractivity contribution in [3.63, 3.8) is 0 Å². The zero-order chi connectivity index (χ0) is 15.6. The van der Waals surface area contributed by atoms with Gasteiger partial charge in [-0.25, -0.2) is 9.59 Å². The van der Waals surface area contributed by atoms with E-state index >= 15 is 0 Å². The van der Waals surface area contributed by atoms with Crippen molar-refractivity contribution in [1.29, 1.82) is 0 Å². The fourth-order valence-corrected chi connectivity index (χ4v) is 3.13. The highest BCUT2D eigenvalue weighted by molar-refractivity contribution is 5.89. The number of likely N-dealkylation sites (N-methyl/N-ethyl adjacent to an activating group) is 1. The van der Waals surface area contributed by atoms with E-state index in [1.165, 1.54) is 4.90 Å². The van der Waals surface area contributed by atoms with Crippen LogP contribution in [0.5, 0.6) is 0 Å². The number of carbonyl (C=O) groups excluding carboxylic acids is 2. The van der Waals surface area contributed by atoms with Gasteiger partial charge >= 0.3 is 12.0 Å². The topological polar surface area (TPSA) is 90.0 Å². The lowest BCUT2D eigenvalue weighted by atomic mass is 9.76. The van der Waals surface area contributed by atoms with Gasteiger partial charge in [-0.1, -0.05) is 19.8 Å². The number of rotatable bonds is 2. The largest absolute Gasteiger partial charge is 0.480 e. The maximum Gasteiger partial charge on any atom is 0.329 e. The highest BCUT2D eigenvalue weighted by atomic mass is 16.4. The Labute approximate surface area is 124 Å². The first-order chi connectivity index (χ1) is 9.84. The lowest BCUT2D eigenvalue weighted by molar-refractivity contribution is -0.146. The van der Waals surface area contributed by atoms with Crippen molar-refractivity contribution in [3.05, 3.63) is 0 Å². The lowest BCUT2D eigenvalue weighted by Gasteiger charge is -2.39. The summed E-state index contributed by atoms with van der Waals surface area (Å²) in [5.41, 5.74) is -1.19. The molecule has 118 valence electrons. The van der Waals surface area contributed by atoms with E-state index in [9.17, 15) is 19.5 Å². The highest BCUT2D eigenvalue weighted by Crippen LogP contribution is 2.32. The van der Waals surface area contributed by atoms with Crippen LogP contribution in [0.2, 0.25) is 0 Å². The molecule has 1 saturated carbocycles. The van der Waals surface area contributed by atoms with E-state index in [0.29, 0.717) is 25.9 Å². The summed E-state index contributed by atoms with van der Waals surface area (Å²) in [6.45, 7) is 2.91. The molecule has 2 aliphatic rings. The molecule has 0 aromatic heterocycles. The van der Waals surface area contributed by atoms with Gasteiger partial charge in [0.2, 0.25) is 5.91 Å². The number of carboxylic acid groups (broad SMARTS) is 1. The number of piperazine rings is 1. The standard InChI is InChI=1S/C14H23N3O4/c1-10-4-3-5-14(8-10,12(19)20)15-13(21)17-7-6-16(2)11(18)9-17/h10H,3-9H2,1-2H3,(H,15,21)(H,19,20). The van der Waals surface area contributed by atoms with Crippen LogP contribution in [0.25, 0.3) is 0 Å². The van der Waals surface area contributed by atoms with Gasteiger partial charge in [-0.2, -0.15) is 0 Å². The van der Waals surface area contributed by atoms with E-state index in [2.05, 4.69) is 5.32 Å². The molecule has 1 aliphatic carbocycles. The molecule has 2 unspecified atom stereocenters. The van der Waals surface area contributed by atoms with Gasteiger partial charge in [0.15, 0.2) is 0 Å². The molecule has 1 aliphatic heterocycles. The van der Waals surface area contributed by atoms with E-state index < -0.39 is 17.5 Å². The number of urea groups is 1. The molecule has 1 heterocycles. The normalized spacial score (nSPS) is 30.2. The Bertz CT molecular complexity index is 454. The molecule has 2 fully saturated rings. The number of carboxylic acids is 1. The third kappa shape index (κ3) is 3.28. The zero-order valence-electron chi connectivity index (χ0n) is 12.6. The van der Waals surface area contributed by atoms with Crippen LogP contribution in [0.15, 0.2) is 0 Å². The fourth-order valence-electron chi connectivity index (χ4n) is 3.13.